The summed E-state index contributed by atoms with van der Waals surface area (Å²) in [6.45, 7) is 3.65. The van der Waals surface area contributed by atoms with Crippen molar-refractivity contribution in [3.63, 3.8) is 0 Å². The molecule has 6 nitrogen and oxygen atoms in total. The van der Waals surface area contributed by atoms with E-state index >= 15 is 0 Å². The lowest BCUT2D eigenvalue weighted by molar-refractivity contribution is -0.120. The number of ether oxygens (including phenoxy) is 2. The van der Waals surface area contributed by atoms with E-state index in [0.717, 1.165) is 11.1 Å². The van der Waals surface area contributed by atoms with Crippen LogP contribution in [-0.4, -0.2) is 32.6 Å². The molecule has 0 aliphatic carbocycles. The van der Waals surface area contributed by atoms with Gasteiger partial charge in [-0.25, -0.2) is 0 Å². The molecule has 0 heterocycles. The van der Waals surface area contributed by atoms with Crippen LogP contribution < -0.4 is 20.1 Å². The first-order valence-electron chi connectivity index (χ1n) is 8.30. The highest BCUT2D eigenvalue weighted by atomic mass is 16.5. The molecule has 2 aromatic rings. The Balaban J connectivity index is 1.96. The van der Waals surface area contributed by atoms with Gasteiger partial charge < -0.3 is 20.1 Å². The number of carbonyl (C=O) groups is 2. The molecule has 26 heavy (non-hydrogen) atoms. The van der Waals surface area contributed by atoms with E-state index in [9.17, 15) is 9.59 Å². The molecule has 2 aromatic carbocycles. The van der Waals surface area contributed by atoms with Crippen LogP contribution in [0.5, 0.6) is 11.5 Å². The number of rotatable bonds is 7. The molecule has 0 saturated carbocycles. The van der Waals surface area contributed by atoms with Crippen LogP contribution >= 0.6 is 0 Å². The number of methoxy groups -OCH3 is 2. The Morgan fingerprint density at radius 3 is 2.50 bits per heavy atom. The van der Waals surface area contributed by atoms with E-state index in [-0.39, 0.29) is 24.4 Å². The highest BCUT2D eigenvalue weighted by molar-refractivity contribution is 5.96. The van der Waals surface area contributed by atoms with Crippen molar-refractivity contribution < 1.29 is 19.1 Å². The average Bonchev–Trinajstić information content (AvgIpc) is 2.65. The molecule has 0 unspecified atom stereocenters. The predicted octanol–water partition coefficient (Wildman–Crippen LogP) is 2.62. The van der Waals surface area contributed by atoms with Gasteiger partial charge in [-0.2, -0.15) is 0 Å². The quantitative estimate of drug-likeness (QED) is 0.800. The predicted molar refractivity (Wildman–Crippen MR) is 99.6 cm³/mol. The lowest BCUT2D eigenvalue weighted by Crippen LogP contribution is -2.38. The van der Waals surface area contributed by atoms with E-state index < -0.39 is 0 Å². The van der Waals surface area contributed by atoms with E-state index in [2.05, 4.69) is 10.6 Å². The SMILES string of the molecule is COc1ccc(OC)c([C@@H](C)NC(=O)CNC(=O)c2cccc(C)c2)c1. The van der Waals surface area contributed by atoms with Gasteiger partial charge in [0, 0.05) is 11.1 Å². The lowest BCUT2D eigenvalue weighted by Gasteiger charge is -2.18. The smallest absolute Gasteiger partial charge is 0.251 e. The summed E-state index contributed by atoms with van der Waals surface area (Å²) in [5.41, 5.74) is 2.31. The summed E-state index contributed by atoms with van der Waals surface area (Å²) < 4.78 is 10.6. The molecule has 2 N–H and O–H groups in total. The van der Waals surface area contributed by atoms with Gasteiger partial charge in [-0.15, -0.1) is 0 Å². The lowest BCUT2D eigenvalue weighted by atomic mass is 10.1. The molecule has 0 aromatic heterocycles. The maximum absolute atomic E-state index is 12.2. The number of amides is 2. The van der Waals surface area contributed by atoms with Gasteiger partial charge >= 0.3 is 0 Å². The second-order valence-corrected chi connectivity index (χ2v) is 5.95. The topological polar surface area (TPSA) is 76.7 Å². The van der Waals surface area contributed by atoms with Crippen molar-refractivity contribution in [1.82, 2.24) is 10.6 Å². The maximum Gasteiger partial charge on any atom is 0.251 e. The summed E-state index contributed by atoms with van der Waals surface area (Å²) in [5.74, 6) is 0.760. The molecule has 0 bridgehead atoms. The summed E-state index contributed by atoms with van der Waals surface area (Å²) in [4.78, 5) is 24.3. The number of carbonyl (C=O) groups excluding carboxylic acids is 2. The summed E-state index contributed by atoms with van der Waals surface area (Å²) >= 11 is 0. The van der Waals surface area contributed by atoms with E-state index in [1.165, 1.54) is 0 Å². The van der Waals surface area contributed by atoms with E-state index in [4.69, 9.17) is 9.47 Å². The van der Waals surface area contributed by atoms with Crippen LogP contribution in [-0.2, 0) is 4.79 Å². The van der Waals surface area contributed by atoms with Gasteiger partial charge in [0.15, 0.2) is 0 Å². The van der Waals surface area contributed by atoms with Crippen molar-refractivity contribution in [1.29, 1.82) is 0 Å². The minimum absolute atomic E-state index is 0.108. The zero-order valence-electron chi connectivity index (χ0n) is 15.5. The third-order valence-electron chi connectivity index (χ3n) is 3.97. The van der Waals surface area contributed by atoms with Crippen LogP contribution in [0, 0.1) is 6.92 Å². The van der Waals surface area contributed by atoms with Crippen LogP contribution in [0.4, 0.5) is 0 Å². The molecule has 6 heteroatoms. The second-order valence-electron chi connectivity index (χ2n) is 5.95. The molecule has 0 spiro atoms. The highest BCUT2D eigenvalue weighted by Gasteiger charge is 2.16. The molecule has 2 amide bonds. The zero-order valence-corrected chi connectivity index (χ0v) is 15.5. The van der Waals surface area contributed by atoms with Crippen molar-refractivity contribution in [3.05, 3.63) is 59.2 Å². The minimum atomic E-state index is -0.302. The molecule has 0 saturated heterocycles. The molecule has 138 valence electrons. The van der Waals surface area contributed by atoms with E-state index in [1.54, 1.807) is 38.5 Å². The second kappa shape index (κ2) is 8.89. The van der Waals surface area contributed by atoms with Gasteiger partial charge in [0.1, 0.15) is 11.5 Å². The monoisotopic (exact) mass is 356 g/mol. The van der Waals surface area contributed by atoms with Crippen molar-refractivity contribution in [2.75, 3.05) is 20.8 Å². The first-order valence-corrected chi connectivity index (χ1v) is 8.30. The largest absolute Gasteiger partial charge is 0.497 e. The Morgan fingerprint density at radius 2 is 1.85 bits per heavy atom. The standard InChI is InChI=1S/C20H24N2O4/c1-13-6-5-7-15(10-13)20(24)21-12-19(23)22-14(2)17-11-16(25-3)8-9-18(17)26-4/h5-11,14H,12H2,1-4H3,(H,21,24)(H,22,23)/t14-/m1/s1. The van der Waals surface area contributed by atoms with E-state index in [1.807, 2.05) is 32.0 Å². The third kappa shape index (κ3) is 4.99. The van der Waals surface area contributed by atoms with Crippen molar-refractivity contribution in [2.24, 2.45) is 0 Å². The van der Waals surface area contributed by atoms with Gasteiger partial charge in [0.05, 0.1) is 26.8 Å². The normalized spacial score (nSPS) is 11.4. The molecule has 1 atom stereocenters. The third-order valence-corrected chi connectivity index (χ3v) is 3.97. The molecule has 0 fully saturated rings. The van der Waals surface area contributed by atoms with E-state index in [0.29, 0.717) is 17.1 Å². The summed E-state index contributed by atoms with van der Waals surface area (Å²) in [5, 5.41) is 5.48. The molecule has 0 aliphatic rings. The first-order chi connectivity index (χ1) is 12.4. The molecular formula is C20H24N2O4. The number of hydrogen-bond acceptors (Lipinski definition) is 4. The van der Waals surface area contributed by atoms with Crippen molar-refractivity contribution >= 4 is 11.8 Å². The van der Waals surface area contributed by atoms with Crippen LogP contribution in [0.25, 0.3) is 0 Å². The minimum Gasteiger partial charge on any atom is -0.497 e. The Kier molecular flexibility index (Phi) is 6.60. The Hall–Kier alpha value is -3.02. The van der Waals surface area contributed by atoms with Gasteiger partial charge in [0.25, 0.3) is 5.91 Å². The molecule has 0 aliphatic heterocycles. The maximum atomic E-state index is 12.2. The summed E-state index contributed by atoms with van der Waals surface area (Å²) in [6.07, 6.45) is 0. The van der Waals surface area contributed by atoms with Crippen molar-refractivity contribution in [3.8, 4) is 11.5 Å². The number of hydrogen-bond donors (Lipinski definition) is 2. The first kappa shape index (κ1) is 19.3. The Labute approximate surface area is 153 Å². The number of aryl methyl sites for hydroxylation is 1. The van der Waals surface area contributed by atoms with Crippen LogP contribution in [0.1, 0.15) is 34.5 Å². The molecule has 0 radical (unpaired) electrons. The zero-order chi connectivity index (χ0) is 19.1. The van der Waals surface area contributed by atoms with Crippen LogP contribution in [0.3, 0.4) is 0 Å². The van der Waals surface area contributed by atoms with Gasteiger partial charge in [-0.3, -0.25) is 9.59 Å². The van der Waals surface area contributed by atoms with Gasteiger partial charge in [-0.05, 0) is 44.2 Å². The summed E-state index contributed by atoms with van der Waals surface area (Å²) in [6, 6.07) is 12.3. The van der Waals surface area contributed by atoms with Crippen LogP contribution in [0.2, 0.25) is 0 Å². The fraction of sp³-hybridized carbons (Fsp3) is 0.300. The number of nitrogens with one attached hydrogen (secondary N) is 2. The van der Waals surface area contributed by atoms with Crippen molar-refractivity contribution in [2.45, 2.75) is 19.9 Å². The fourth-order valence-electron chi connectivity index (χ4n) is 2.60. The van der Waals surface area contributed by atoms with Gasteiger partial charge in [-0.1, -0.05) is 17.7 Å². The summed E-state index contributed by atoms with van der Waals surface area (Å²) in [7, 11) is 3.15. The Bertz CT molecular complexity index is 789. The number of benzene rings is 2. The van der Waals surface area contributed by atoms with Gasteiger partial charge in [0.2, 0.25) is 5.91 Å². The molecular weight excluding hydrogens is 332 g/mol. The molecule has 2 rings (SSSR count). The Morgan fingerprint density at radius 1 is 1.08 bits per heavy atom. The highest BCUT2D eigenvalue weighted by Crippen LogP contribution is 2.29. The fourth-order valence-corrected chi connectivity index (χ4v) is 2.60. The average molecular weight is 356 g/mol. The van der Waals surface area contributed by atoms with Crippen LogP contribution in [0.15, 0.2) is 42.5 Å².